The number of nitrogens with zero attached hydrogens (tertiary/aromatic N) is 3. The quantitative estimate of drug-likeness (QED) is 0.722. The molecule has 1 fully saturated rings. The number of amides is 1. The minimum Gasteiger partial charge on any atom is -0.347 e. The van der Waals surface area contributed by atoms with E-state index in [1.165, 1.54) is 0 Å². The van der Waals surface area contributed by atoms with E-state index in [0.29, 0.717) is 12.1 Å². The van der Waals surface area contributed by atoms with Gasteiger partial charge in [0.2, 0.25) is 0 Å². The van der Waals surface area contributed by atoms with Crippen LogP contribution in [0, 0.1) is 12.3 Å². The highest BCUT2D eigenvalue weighted by molar-refractivity contribution is 5.95. The SMILES string of the molecule is Cc1ccn(C2CCNCC2)c(=O)c1C(=O)NC(Cn1ccnc1)C(C)(C)C.Cl.Cl. The zero-order chi connectivity index (χ0) is 20.3. The normalized spacial score (nSPS) is 15.6. The summed E-state index contributed by atoms with van der Waals surface area (Å²) in [4.78, 5) is 30.4. The van der Waals surface area contributed by atoms with Gasteiger partial charge in [-0.1, -0.05) is 20.8 Å². The number of piperidine rings is 1. The lowest BCUT2D eigenvalue weighted by atomic mass is 9.86. The molecule has 0 aliphatic carbocycles. The number of aryl methyl sites for hydroxylation is 1. The molecule has 1 unspecified atom stereocenters. The number of imidazole rings is 1. The third-order valence-corrected chi connectivity index (χ3v) is 5.56. The average molecular weight is 458 g/mol. The molecule has 2 N–H and O–H groups in total. The van der Waals surface area contributed by atoms with Crippen LogP contribution in [0.3, 0.4) is 0 Å². The van der Waals surface area contributed by atoms with Gasteiger partial charge in [0.1, 0.15) is 5.56 Å². The van der Waals surface area contributed by atoms with Crippen LogP contribution in [-0.4, -0.2) is 39.2 Å². The van der Waals surface area contributed by atoms with Crippen LogP contribution >= 0.6 is 24.8 Å². The highest BCUT2D eigenvalue weighted by Crippen LogP contribution is 2.22. The number of hydrogen-bond acceptors (Lipinski definition) is 4. The second-order valence-corrected chi connectivity index (χ2v) is 8.72. The zero-order valence-electron chi connectivity index (χ0n) is 18.1. The first-order valence-corrected chi connectivity index (χ1v) is 9.96. The Kier molecular flexibility index (Phi) is 9.59. The molecule has 1 aliphatic rings. The van der Waals surface area contributed by atoms with E-state index in [1.54, 1.807) is 17.1 Å². The Morgan fingerprint density at radius 2 is 1.93 bits per heavy atom. The van der Waals surface area contributed by atoms with Gasteiger partial charge in [0.25, 0.3) is 11.5 Å². The van der Waals surface area contributed by atoms with Crippen molar-refractivity contribution in [2.24, 2.45) is 5.41 Å². The lowest BCUT2D eigenvalue weighted by Crippen LogP contribution is -2.48. The molecule has 30 heavy (non-hydrogen) atoms. The molecule has 0 bridgehead atoms. The Morgan fingerprint density at radius 1 is 1.27 bits per heavy atom. The van der Waals surface area contributed by atoms with E-state index < -0.39 is 0 Å². The van der Waals surface area contributed by atoms with E-state index in [2.05, 4.69) is 36.4 Å². The Balaban J connectivity index is 0.00000225. The number of carbonyl (C=O) groups is 1. The topological polar surface area (TPSA) is 81.0 Å². The smallest absolute Gasteiger partial charge is 0.263 e. The van der Waals surface area contributed by atoms with Gasteiger partial charge < -0.3 is 19.8 Å². The molecule has 1 aliphatic heterocycles. The fourth-order valence-corrected chi connectivity index (χ4v) is 3.66. The molecule has 3 rings (SSSR count). The highest BCUT2D eigenvalue weighted by atomic mass is 35.5. The minimum atomic E-state index is -0.300. The van der Waals surface area contributed by atoms with Crippen LogP contribution in [0.25, 0.3) is 0 Å². The van der Waals surface area contributed by atoms with E-state index in [9.17, 15) is 9.59 Å². The van der Waals surface area contributed by atoms with Crippen LogP contribution in [0.2, 0.25) is 0 Å². The molecular weight excluding hydrogens is 425 g/mol. The Bertz CT molecular complexity index is 869. The molecule has 1 saturated heterocycles. The molecule has 9 heteroatoms. The fraction of sp³-hybridized carbons (Fsp3) is 0.571. The van der Waals surface area contributed by atoms with Crippen molar-refractivity contribution in [2.75, 3.05) is 13.1 Å². The second kappa shape index (κ2) is 11.0. The summed E-state index contributed by atoms with van der Waals surface area (Å²) in [6.45, 7) is 10.5. The van der Waals surface area contributed by atoms with E-state index in [0.717, 1.165) is 25.9 Å². The summed E-state index contributed by atoms with van der Waals surface area (Å²) in [6.07, 6.45) is 8.97. The molecule has 0 radical (unpaired) electrons. The summed E-state index contributed by atoms with van der Waals surface area (Å²) in [5, 5.41) is 6.42. The first kappa shape index (κ1) is 26.2. The van der Waals surface area contributed by atoms with Gasteiger partial charge in [-0.05, 0) is 49.9 Å². The number of nitrogens with one attached hydrogen (secondary N) is 2. The number of hydrogen-bond donors (Lipinski definition) is 2. The van der Waals surface area contributed by atoms with E-state index in [1.807, 2.05) is 30.0 Å². The predicted octanol–water partition coefficient (Wildman–Crippen LogP) is 2.97. The summed E-state index contributed by atoms with van der Waals surface area (Å²) in [6, 6.07) is 1.88. The standard InChI is InChI=1S/C21H31N5O2.2ClH/c1-15-7-11-26(16-5-8-22-9-6-16)20(28)18(15)19(27)24-17(21(2,3)4)13-25-12-10-23-14-25;;/h7,10-12,14,16-17,22H,5-6,8-9,13H2,1-4H3,(H,24,27);2*1H. The first-order chi connectivity index (χ1) is 13.3. The number of rotatable bonds is 5. The van der Waals surface area contributed by atoms with Crippen molar-refractivity contribution in [1.29, 1.82) is 0 Å². The Morgan fingerprint density at radius 3 is 2.50 bits per heavy atom. The van der Waals surface area contributed by atoms with Crippen molar-refractivity contribution < 1.29 is 4.79 Å². The molecule has 0 aromatic carbocycles. The summed E-state index contributed by atoms with van der Waals surface area (Å²) < 4.78 is 3.69. The zero-order valence-corrected chi connectivity index (χ0v) is 19.7. The number of pyridine rings is 1. The third-order valence-electron chi connectivity index (χ3n) is 5.56. The molecule has 2 aromatic heterocycles. The molecule has 0 spiro atoms. The summed E-state index contributed by atoms with van der Waals surface area (Å²) in [7, 11) is 0. The van der Waals surface area contributed by atoms with E-state index in [4.69, 9.17) is 0 Å². The van der Waals surface area contributed by atoms with Gasteiger partial charge in [0, 0.05) is 31.2 Å². The summed E-state index contributed by atoms with van der Waals surface area (Å²) >= 11 is 0. The lowest BCUT2D eigenvalue weighted by molar-refractivity contribution is 0.0889. The molecule has 2 aromatic rings. The maximum absolute atomic E-state index is 13.1. The number of halogens is 2. The van der Waals surface area contributed by atoms with Crippen LogP contribution in [0.4, 0.5) is 0 Å². The Labute approximate surface area is 190 Å². The van der Waals surface area contributed by atoms with Gasteiger partial charge in [-0.2, -0.15) is 0 Å². The van der Waals surface area contributed by atoms with Gasteiger partial charge in [-0.15, -0.1) is 24.8 Å². The van der Waals surface area contributed by atoms with Gasteiger partial charge in [-0.25, -0.2) is 4.98 Å². The predicted molar refractivity (Wildman–Crippen MR) is 124 cm³/mol. The van der Waals surface area contributed by atoms with Crippen LogP contribution in [-0.2, 0) is 6.54 Å². The van der Waals surface area contributed by atoms with Crippen LogP contribution in [0.15, 0.2) is 35.8 Å². The van der Waals surface area contributed by atoms with E-state index in [-0.39, 0.29) is 59.3 Å². The van der Waals surface area contributed by atoms with Gasteiger partial charge in [0.15, 0.2) is 0 Å². The first-order valence-electron chi connectivity index (χ1n) is 9.96. The Hall–Kier alpha value is -1.83. The van der Waals surface area contributed by atoms with Crippen molar-refractivity contribution in [1.82, 2.24) is 24.8 Å². The maximum atomic E-state index is 13.1. The van der Waals surface area contributed by atoms with Crippen molar-refractivity contribution in [3.63, 3.8) is 0 Å². The average Bonchev–Trinajstić information content (AvgIpc) is 3.14. The highest BCUT2D eigenvalue weighted by Gasteiger charge is 2.29. The van der Waals surface area contributed by atoms with Crippen LogP contribution in [0.5, 0.6) is 0 Å². The fourth-order valence-electron chi connectivity index (χ4n) is 3.66. The lowest BCUT2D eigenvalue weighted by Gasteiger charge is -2.32. The van der Waals surface area contributed by atoms with Crippen LogP contribution in [0.1, 0.15) is 55.6 Å². The third kappa shape index (κ3) is 6.09. The van der Waals surface area contributed by atoms with Crippen molar-refractivity contribution in [3.8, 4) is 0 Å². The molecule has 3 heterocycles. The van der Waals surface area contributed by atoms with Crippen molar-refractivity contribution >= 4 is 30.7 Å². The van der Waals surface area contributed by atoms with Crippen molar-refractivity contribution in [2.45, 2.75) is 59.2 Å². The van der Waals surface area contributed by atoms with Crippen molar-refractivity contribution in [3.05, 3.63) is 52.5 Å². The maximum Gasteiger partial charge on any atom is 0.263 e. The molecule has 7 nitrogen and oxygen atoms in total. The van der Waals surface area contributed by atoms with E-state index >= 15 is 0 Å². The molecular formula is C21H33Cl2N5O2. The van der Waals surface area contributed by atoms with Gasteiger partial charge in [-0.3, -0.25) is 9.59 Å². The molecule has 1 atom stereocenters. The molecule has 168 valence electrons. The van der Waals surface area contributed by atoms with Gasteiger partial charge >= 0.3 is 0 Å². The number of aromatic nitrogens is 3. The molecule has 0 saturated carbocycles. The summed E-state index contributed by atoms with van der Waals surface area (Å²) in [5.41, 5.74) is 0.597. The largest absolute Gasteiger partial charge is 0.347 e. The molecule has 1 amide bonds. The number of carbonyl (C=O) groups excluding carboxylic acids is 1. The summed E-state index contributed by atoms with van der Waals surface area (Å²) in [5.74, 6) is -0.300. The second-order valence-electron chi connectivity index (χ2n) is 8.72. The monoisotopic (exact) mass is 457 g/mol. The van der Waals surface area contributed by atoms with Crippen LogP contribution < -0.4 is 16.2 Å². The minimum absolute atomic E-state index is 0. The van der Waals surface area contributed by atoms with Gasteiger partial charge in [0.05, 0.1) is 12.4 Å².